The average molecular weight is 352 g/mol. The Labute approximate surface area is 139 Å². The maximum atomic E-state index is 12.7. The molecule has 4 unspecified atom stereocenters. The lowest BCUT2D eigenvalue weighted by Crippen LogP contribution is -2.36. The number of ether oxygens (including phenoxy) is 1. The van der Waals surface area contributed by atoms with Gasteiger partial charge >= 0.3 is 5.69 Å². The Morgan fingerprint density at radius 1 is 1.36 bits per heavy atom. The second-order valence-corrected chi connectivity index (χ2v) is 5.56. The van der Waals surface area contributed by atoms with Gasteiger partial charge < -0.3 is 25.8 Å². The van der Waals surface area contributed by atoms with Gasteiger partial charge in [-0.25, -0.2) is 9.36 Å². The summed E-state index contributed by atoms with van der Waals surface area (Å²) in [5.74, 6) is -0.254. The molecule has 0 aromatic carbocycles. The number of nitriles is 1. The van der Waals surface area contributed by atoms with Gasteiger partial charge in [-0.1, -0.05) is 0 Å². The van der Waals surface area contributed by atoms with Crippen LogP contribution >= 0.6 is 0 Å². The first-order chi connectivity index (χ1) is 11.9. The zero-order valence-corrected chi connectivity index (χ0v) is 12.9. The normalized spacial score (nSPS) is 26.2. The van der Waals surface area contributed by atoms with E-state index in [9.17, 15) is 24.9 Å². The third-order valence-electron chi connectivity index (χ3n) is 4.05. The van der Waals surface area contributed by atoms with Crippen molar-refractivity contribution in [2.75, 3.05) is 12.3 Å². The van der Waals surface area contributed by atoms with E-state index in [1.807, 2.05) is 6.07 Å². The molecule has 12 nitrogen and oxygen atoms in total. The molecule has 1 aliphatic rings. The summed E-state index contributed by atoms with van der Waals surface area (Å²) in [6, 6.07) is 1.87. The van der Waals surface area contributed by atoms with Crippen molar-refractivity contribution in [2.45, 2.75) is 37.5 Å². The molecule has 1 saturated heterocycles. The summed E-state index contributed by atoms with van der Waals surface area (Å²) in [6.45, 7) is -0.658. The van der Waals surface area contributed by atoms with Crippen molar-refractivity contribution < 1.29 is 20.1 Å². The molecular formula is C13H16N6O6. The quantitative estimate of drug-likeness (QED) is 0.381. The number of anilines is 1. The van der Waals surface area contributed by atoms with Crippen molar-refractivity contribution in [1.29, 1.82) is 5.26 Å². The zero-order chi connectivity index (χ0) is 18.3. The van der Waals surface area contributed by atoms with E-state index in [1.54, 1.807) is 0 Å². The van der Waals surface area contributed by atoms with E-state index in [0.29, 0.717) is 0 Å². The van der Waals surface area contributed by atoms with Gasteiger partial charge in [0.2, 0.25) is 5.95 Å². The summed E-state index contributed by atoms with van der Waals surface area (Å²) in [5.41, 5.74) is 3.79. The molecule has 3 heterocycles. The Balaban J connectivity index is 2.25. The molecule has 12 heteroatoms. The molecule has 1 fully saturated rings. The van der Waals surface area contributed by atoms with E-state index in [1.165, 1.54) is 0 Å². The third kappa shape index (κ3) is 2.59. The molecule has 0 radical (unpaired) electrons. The minimum absolute atomic E-state index is 0.0429. The van der Waals surface area contributed by atoms with Crippen LogP contribution in [0, 0.1) is 11.3 Å². The summed E-state index contributed by atoms with van der Waals surface area (Å²) in [6.07, 6.45) is -5.49. The van der Waals surface area contributed by atoms with Gasteiger partial charge in [0.25, 0.3) is 5.56 Å². The van der Waals surface area contributed by atoms with Gasteiger partial charge in [0.1, 0.15) is 18.3 Å². The number of nitrogens with two attached hydrogens (primary N) is 1. The number of aryl methyl sites for hydroxylation is 1. The number of nitrogens with zero attached hydrogens (tertiary/aromatic N) is 4. The van der Waals surface area contributed by atoms with Crippen LogP contribution in [0.15, 0.2) is 9.59 Å². The number of H-pyrrole nitrogens is 1. The third-order valence-corrected chi connectivity index (χ3v) is 4.05. The maximum absolute atomic E-state index is 12.7. The summed E-state index contributed by atoms with van der Waals surface area (Å²) in [7, 11) is 0. The number of rotatable bonds is 4. The van der Waals surface area contributed by atoms with Crippen molar-refractivity contribution in [1.82, 2.24) is 19.1 Å². The van der Waals surface area contributed by atoms with Crippen molar-refractivity contribution >= 4 is 17.1 Å². The Morgan fingerprint density at radius 3 is 2.68 bits per heavy atom. The van der Waals surface area contributed by atoms with Crippen LogP contribution in [-0.4, -0.2) is 59.3 Å². The van der Waals surface area contributed by atoms with E-state index >= 15 is 0 Å². The van der Waals surface area contributed by atoms with Crippen molar-refractivity contribution in [2.24, 2.45) is 0 Å². The predicted molar refractivity (Wildman–Crippen MR) is 82.3 cm³/mol. The zero-order valence-electron chi connectivity index (χ0n) is 12.9. The summed E-state index contributed by atoms with van der Waals surface area (Å²) >= 11 is 0. The number of aromatic nitrogens is 4. The van der Waals surface area contributed by atoms with Crippen molar-refractivity contribution in [3.05, 3.63) is 20.8 Å². The second kappa shape index (κ2) is 6.30. The number of aliphatic hydroxyl groups excluding tert-OH is 3. The van der Waals surface area contributed by atoms with Crippen LogP contribution < -0.4 is 17.0 Å². The maximum Gasteiger partial charge on any atom is 0.332 e. The molecule has 0 bridgehead atoms. The number of hydrogen-bond acceptors (Lipinski definition) is 9. The monoisotopic (exact) mass is 352 g/mol. The minimum Gasteiger partial charge on any atom is -0.394 e. The van der Waals surface area contributed by atoms with Gasteiger partial charge in [-0.15, -0.1) is 0 Å². The first-order valence-corrected chi connectivity index (χ1v) is 7.40. The Kier molecular flexibility index (Phi) is 4.31. The van der Waals surface area contributed by atoms with Crippen LogP contribution in [0.5, 0.6) is 0 Å². The smallest absolute Gasteiger partial charge is 0.332 e. The topological polar surface area (TPSA) is 192 Å². The highest BCUT2D eigenvalue weighted by Gasteiger charge is 2.45. The lowest BCUT2D eigenvalue weighted by Gasteiger charge is -2.15. The van der Waals surface area contributed by atoms with Crippen LogP contribution in [-0.2, 0) is 11.3 Å². The predicted octanol–water partition coefficient (Wildman–Crippen LogP) is -3.01. The lowest BCUT2D eigenvalue weighted by atomic mass is 10.1. The van der Waals surface area contributed by atoms with Gasteiger partial charge in [-0.05, 0) is 0 Å². The molecule has 0 aliphatic carbocycles. The average Bonchev–Trinajstić information content (AvgIpc) is 3.00. The Hall–Kier alpha value is -2.72. The Bertz CT molecular complexity index is 955. The SMILES string of the molecule is N#CCCn1c(=O)n(C2OC(CO)C(O)C2O)c2nc(N)[nH]c(=O)c21. The largest absolute Gasteiger partial charge is 0.394 e. The highest BCUT2D eigenvalue weighted by atomic mass is 16.6. The fourth-order valence-electron chi connectivity index (χ4n) is 2.89. The fourth-order valence-corrected chi connectivity index (χ4v) is 2.89. The van der Waals surface area contributed by atoms with Crippen LogP contribution in [0.4, 0.5) is 5.95 Å². The molecule has 0 amide bonds. The van der Waals surface area contributed by atoms with E-state index in [-0.39, 0.29) is 30.1 Å². The van der Waals surface area contributed by atoms with Crippen molar-refractivity contribution in [3.63, 3.8) is 0 Å². The second-order valence-electron chi connectivity index (χ2n) is 5.56. The van der Waals surface area contributed by atoms with E-state index < -0.39 is 42.4 Å². The summed E-state index contributed by atoms with van der Waals surface area (Å²) in [4.78, 5) is 31.1. The van der Waals surface area contributed by atoms with Gasteiger partial charge in [0.15, 0.2) is 17.4 Å². The fraction of sp³-hybridized carbons (Fsp3) is 0.538. The molecule has 2 aromatic heterocycles. The van der Waals surface area contributed by atoms with Crippen molar-refractivity contribution in [3.8, 4) is 6.07 Å². The molecule has 0 saturated carbocycles. The number of aromatic amines is 1. The highest BCUT2D eigenvalue weighted by Crippen LogP contribution is 2.30. The number of hydrogen-bond donors (Lipinski definition) is 5. The van der Waals surface area contributed by atoms with Gasteiger partial charge in [-0.2, -0.15) is 10.2 Å². The number of aliphatic hydroxyl groups is 3. The van der Waals surface area contributed by atoms with Crippen LogP contribution in [0.1, 0.15) is 12.6 Å². The number of nitrogen functional groups attached to an aromatic ring is 1. The summed E-state index contributed by atoms with van der Waals surface area (Å²) in [5, 5.41) is 38.0. The van der Waals surface area contributed by atoms with Crippen LogP contribution in [0.3, 0.4) is 0 Å². The van der Waals surface area contributed by atoms with E-state index in [2.05, 4.69) is 9.97 Å². The first-order valence-electron chi connectivity index (χ1n) is 7.40. The molecule has 6 N–H and O–H groups in total. The number of nitrogens with one attached hydrogen (secondary N) is 1. The van der Waals surface area contributed by atoms with Gasteiger partial charge in [-0.3, -0.25) is 14.3 Å². The molecule has 134 valence electrons. The van der Waals surface area contributed by atoms with Gasteiger partial charge in [0.05, 0.1) is 19.1 Å². The van der Waals surface area contributed by atoms with E-state index in [4.69, 9.17) is 15.7 Å². The molecular weight excluding hydrogens is 336 g/mol. The van der Waals surface area contributed by atoms with Gasteiger partial charge in [0, 0.05) is 6.54 Å². The molecule has 3 rings (SSSR count). The number of imidazole rings is 1. The molecule has 0 spiro atoms. The lowest BCUT2D eigenvalue weighted by molar-refractivity contribution is -0.0527. The van der Waals surface area contributed by atoms with Crippen LogP contribution in [0.25, 0.3) is 11.2 Å². The minimum atomic E-state index is -1.54. The van der Waals surface area contributed by atoms with E-state index in [0.717, 1.165) is 9.13 Å². The Morgan fingerprint density at radius 2 is 2.08 bits per heavy atom. The molecule has 25 heavy (non-hydrogen) atoms. The molecule has 4 atom stereocenters. The number of fused-ring (bicyclic) bond motifs is 1. The summed E-state index contributed by atoms with van der Waals surface area (Å²) < 4.78 is 7.27. The molecule has 1 aliphatic heterocycles. The highest BCUT2D eigenvalue weighted by molar-refractivity contribution is 5.71. The first kappa shape index (κ1) is 17.1. The van der Waals surface area contributed by atoms with Crippen LogP contribution in [0.2, 0.25) is 0 Å². The molecule has 2 aromatic rings. The standard InChI is InChI=1S/C13H16N6O6/c14-2-1-3-18-6-9(16-12(15)17-10(6)23)19(13(18)24)11-8(22)7(21)5(4-20)25-11/h5,7-8,11,20-22H,1,3-4H2,(H3,15,16,17,23).